The van der Waals surface area contributed by atoms with Crippen LogP contribution in [-0.4, -0.2) is 71.4 Å². The van der Waals surface area contributed by atoms with E-state index in [1.807, 2.05) is 0 Å². The smallest absolute Gasteiger partial charge is 0.303 e. The lowest BCUT2D eigenvalue weighted by Crippen LogP contribution is -2.67. The second-order valence-corrected chi connectivity index (χ2v) is 7.06. The van der Waals surface area contributed by atoms with Crippen LogP contribution in [0.15, 0.2) is 0 Å². The van der Waals surface area contributed by atoms with Gasteiger partial charge in [-0.25, -0.2) is 0 Å². The third-order valence-electron chi connectivity index (χ3n) is 3.56. The summed E-state index contributed by atoms with van der Waals surface area (Å²) in [6.07, 6.45) is -6.20. The van der Waals surface area contributed by atoms with Crippen LogP contribution in [0.3, 0.4) is 0 Å². The Balaban J connectivity index is 3.27. The molecular formula is C16H24N4O9S2. The number of hydrazine groups is 1. The highest BCUT2D eigenvalue weighted by Gasteiger charge is 2.52. The van der Waals surface area contributed by atoms with Crippen LogP contribution in [-0.2, 0) is 42.9 Å². The summed E-state index contributed by atoms with van der Waals surface area (Å²) in [5.74, 6) is -2.84. The minimum atomic E-state index is -1.32. The van der Waals surface area contributed by atoms with Gasteiger partial charge in [-0.1, -0.05) is 0 Å². The van der Waals surface area contributed by atoms with Crippen LogP contribution in [0.2, 0.25) is 0 Å². The summed E-state index contributed by atoms with van der Waals surface area (Å²) in [4.78, 5) is 46.4. The van der Waals surface area contributed by atoms with Crippen molar-refractivity contribution in [2.75, 3.05) is 6.61 Å². The maximum absolute atomic E-state index is 11.7. The Hall–Kier alpha value is -2.78. The Morgan fingerprint density at radius 3 is 1.84 bits per heavy atom. The van der Waals surface area contributed by atoms with Crippen molar-refractivity contribution in [3.05, 3.63) is 0 Å². The molecule has 5 N–H and O–H groups in total. The van der Waals surface area contributed by atoms with E-state index in [4.69, 9.17) is 41.6 Å². The number of thiocarbonyl (C=S) groups is 2. The zero-order valence-corrected chi connectivity index (χ0v) is 18.8. The molecule has 1 aliphatic rings. The van der Waals surface area contributed by atoms with Crippen molar-refractivity contribution in [3.8, 4) is 0 Å². The largest absolute Gasteiger partial charge is 0.463 e. The highest BCUT2D eigenvalue weighted by molar-refractivity contribution is 7.80. The van der Waals surface area contributed by atoms with Crippen LogP contribution < -0.4 is 21.9 Å². The van der Waals surface area contributed by atoms with Crippen molar-refractivity contribution in [2.24, 2.45) is 5.73 Å². The molecule has 31 heavy (non-hydrogen) atoms. The highest BCUT2D eigenvalue weighted by atomic mass is 32.1. The van der Waals surface area contributed by atoms with Gasteiger partial charge in [-0.15, -0.1) is 0 Å². The van der Waals surface area contributed by atoms with Gasteiger partial charge in [0.25, 0.3) is 0 Å². The molecule has 0 aromatic rings. The first-order chi connectivity index (χ1) is 14.4. The normalized spacial score (nSPS) is 24.7. The van der Waals surface area contributed by atoms with E-state index in [-0.39, 0.29) is 16.8 Å². The lowest BCUT2D eigenvalue weighted by molar-refractivity contribution is -0.254. The fourth-order valence-electron chi connectivity index (χ4n) is 2.63. The fourth-order valence-corrected chi connectivity index (χ4v) is 2.85. The standard InChI is InChI=1S/C16H24N4O9S2/c1-6(21)25-5-10-11(26-7(2)22)12(27-8(3)23)13(28-9(4)24)14(29-10)18-16(31)20-19-15(17)30/h10-14H,5H2,1-4H3,(H3,17,19,30)(H2,18,20,31)/t10-,11-,12+,13-,14-/m1/s1. The van der Waals surface area contributed by atoms with E-state index in [0.29, 0.717) is 0 Å². The number of rotatable bonds is 6. The summed E-state index contributed by atoms with van der Waals surface area (Å²) >= 11 is 9.75. The molecule has 0 aromatic carbocycles. The predicted octanol–water partition coefficient (Wildman–Crippen LogP) is -1.72. The van der Waals surface area contributed by atoms with Crippen LogP contribution in [0.25, 0.3) is 0 Å². The Morgan fingerprint density at radius 1 is 0.839 bits per heavy atom. The van der Waals surface area contributed by atoms with Crippen molar-refractivity contribution in [1.29, 1.82) is 0 Å². The molecule has 0 saturated carbocycles. The molecule has 15 heteroatoms. The molecule has 0 radical (unpaired) electrons. The number of ether oxygens (including phenoxy) is 5. The van der Waals surface area contributed by atoms with Gasteiger partial charge in [0, 0.05) is 27.7 Å². The van der Waals surface area contributed by atoms with Gasteiger partial charge < -0.3 is 34.7 Å². The summed E-state index contributed by atoms with van der Waals surface area (Å²) in [5, 5.41) is 2.51. The maximum atomic E-state index is 11.7. The maximum Gasteiger partial charge on any atom is 0.303 e. The summed E-state index contributed by atoms with van der Waals surface area (Å²) in [5.41, 5.74) is 10.2. The van der Waals surface area contributed by atoms with Gasteiger partial charge in [0.15, 0.2) is 34.8 Å². The van der Waals surface area contributed by atoms with E-state index in [1.54, 1.807) is 0 Å². The van der Waals surface area contributed by atoms with E-state index < -0.39 is 54.5 Å². The minimum absolute atomic E-state index is 0.0753. The molecular weight excluding hydrogens is 456 g/mol. The average Bonchev–Trinajstić information content (AvgIpc) is 2.62. The molecule has 0 aliphatic carbocycles. The third-order valence-corrected chi connectivity index (χ3v) is 3.89. The lowest BCUT2D eigenvalue weighted by Gasteiger charge is -2.44. The number of hydrogen-bond donors (Lipinski definition) is 4. The first kappa shape index (κ1) is 26.3. The summed E-state index contributed by atoms with van der Waals surface area (Å²) in [7, 11) is 0. The van der Waals surface area contributed by atoms with E-state index in [1.165, 1.54) is 6.92 Å². The predicted molar refractivity (Wildman–Crippen MR) is 111 cm³/mol. The first-order valence-electron chi connectivity index (χ1n) is 8.83. The minimum Gasteiger partial charge on any atom is -0.463 e. The molecule has 0 amide bonds. The molecule has 0 spiro atoms. The Morgan fingerprint density at radius 2 is 1.35 bits per heavy atom. The Kier molecular flexibility index (Phi) is 10.3. The van der Waals surface area contributed by atoms with Crippen LogP contribution in [0.1, 0.15) is 27.7 Å². The molecule has 13 nitrogen and oxygen atoms in total. The van der Waals surface area contributed by atoms with Gasteiger partial charge in [0.1, 0.15) is 12.7 Å². The van der Waals surface area contributed by atoms with E-state index >= 15 is 0 Å². The molecule has 0 unspecified atom stereocenters. The molecule has 1 heterocycles. The summed E-state index contributed by atoms with van der Waals surface area (Å²) in [6, 6.07) is 0. The Labute approximate surface area is 188 Å². The van der Waals surface area contributed by atoms with Crippen LogP contribution in [0.5, 0.6) is 0 Å². The van der Waals surface area contributed by atoms with Gasteiger partial charge in [0.2, 0.25) is 0 Å². The van der Waals surface area contributed by atoms with Crippen molar-refractivity contribution in [3.63, 3.8) is 0 Å². The van der Waals surface area contributed by atoms with E-state index in [2.05, 4.69) is 28.4 Å². The number of nitrogens with two attached hydrogens (primary N) is 1. The molecule has 174 valence electrons. The van der Waals surface area contributed by atoms with Gasteiger partial charge in [-0.3, -0.25) is 30.0 Å². The number of hydrogen-bond acceptors (Lipinski definition) is 11. The van der Waals surface area contributed by atoms with Crippen LogP contribution in [0.4, 0.5) is 0 Å². The van der Waals surface area contributed by atoms with Crippen molar-refractivity contribution < 1.29 is 42.9 Å². The monoisotopic (exact) mass is 480 g/mol. The van der Waals surface area contributed by atoms with Crippen molar-refractivity contribution in [2.45, 2.75) is 58.3 Å². The quantitative estimate of drug-likeness (QED) is 0.146. The molecule has 1 aliphatic heterocycles. The zero-order chi connectivity index (χ0) is 23.7. The Bertz CT molecular complexity index is 736. The topological polar surface area (TPSA) is 177 Å². The van der Waals surface area contributed by atoms with Crippen LogP contribution >= 0.6 is 24.4 Å². The van der Waals surface area contributed by atoms with Crippen molar-refractivity contribution >= 4 is 58.5 Å². The second kappa shape index (κ2) is 12.2. The number of esters is 4. The third kappa shape index (κ3) is 9.27. The number of carbonyl (C=O) groups excluding carboxylic acids is 4. The van der Waals surface area contributed by atoms with Crippen LogP contribution in [0, 0.1) is 0 Å². The SMILES string of the molecule is CC(=O)OC[C@H]1O[C@@H](NC(=S)NNC(N)=S)[C@H](OC(C)=O)[C@@H](OC(C)=O)[C@@H]1OC(C)=O. The molecule has 1 saturated heterocycles. The van der Waals surface area contributed by atoms with Gasteiger partial charge in [-0.2, -0.15) is 0 Å². The highest BCUT2D eigenvalue weighted by Crippen LogP contribution is 2.28. The molecule has 0 aromatic heterocycles. The second-order valence-electron chi connectivity index (χ2n) is 6.21. The van der Waals surface area contributed by atoms with E-state index in [9.17, 15) is 19.2 Å². The summed E-state index contributed by atoms with van der Waals surface area (Å²) < 4.78 is 26.6. The van der Waals surface area contributed by atoms with Crippen molar-refractivity contribution in [1.82, 2.24) is 16.2 Å². The molecule has 1 rings (SSSR count). The summed E-state index contributed by atoms with van der Waals surface area (Å²) in [6.45, 7) is 4.18. The van der Waals surface area contributed by atoms with E-state index in [0.717, 1.165) is 20.8 Å². The zero-order valence-electron chi connectivity index (χ0n) is 17.2. The molecule has 5 atom stereocenters. The molecule has 0 bridgehead atoms. The lowest BCUT2D eigenvalue weighted by atomic mass is 9.97. The number of carbonyl (C=O) groups is 4. The van der Waals surface area contributed by atoms with Gasteiger partial charge >= 0.3 is 23.9 Å². The number of nitrogens with one attached hydrogen (secondary N) is 3. The fraction of sp³-hybridized carbons (Fsp3) is 0.625. The van der Waals surface area contributed by atoms with Gasteiger partial charge in [0.05, 0.1) is 0 Å². The van der Waals surface area contributed by atoms with Gasteiger partial charge in [-0.05, 0) is 24.4 Å². The molecule has 1 fully saturated rings. The first-order valence-corrected chi connectivity index (χ1v) is 9.64. The average molecular weight is 481 g/mol.